The summed E-state index contributed by atoms with van der Waals surface area (Å²) >= 11 is 0. The summed E-state index contributed by atoms with van der Waals surface area (Å²) in [5, 5.41) is 7.22. The van der Waals surface area contributed by atoms with Crippen LogP contribution < -0.4 is 5.32 Å². The number of carbonyl (C=O) groups excluding carboxylic acids is 1. The van der Waals surface area contributed by atoms with Crippen LogP contribution in [0.3, 0.4) is 0 Å². The second-order valence-corrected chi connectivity index (χ2v) is 5.63. The average molecular weight is 287 g/mol. The third-order valence-electron chi connectivity index (χ3n) is 3.95. The molecule has 1 fully saturated rings. The van der Waals surface area contributed by atoms with E-state index in [1.807, 2.05) is 18.3 Å². The van der Waals surface area contributed by atoms with Crippen LogP contribution in [0, 0.1) is 0 Å². The van der Waals surface area contributed by atoms with E-state index in [-0.39, 0.29) is 5.91 Å². The first-order valence-corrected chi connectivity index (χ1v) is 7.68. The molecule has 1 amide bonds. The SMILES string of the molecule is O=C(NC1CCCCCC1)c1ccc(Cn2cccn2)o1. The molecule has 112 valence electrons. The molecule has 0 atom stereocenters. The van der Waals surface area contributed by atoms with Gasteiger partial charge in [0.15, 0.2) is 5.76 Å². The predicted octanol–water partition coefficient (Wildman–Crippen LogP) is 2.98. The van der Waals surface area contributed by atoms with Crippen molar-refractivity contribution in [2.24, 2.45) is 0 Å². The zero-order valence-corrected chi connectivity index (χ0v) is 12.1. The van der Waals surface area contributed by atoms with Crippen molar-refractivity contribution in [1.82, 2.24) is 15.1 Å². The Balaban J connectivity index is 1.58. The number of amides is 1. The lowest BCUT2D eigenvalue weighted by atomic mass is 10.1. The lowest BCUT2D eigenvalue weighted by Gasteiger charge is -2.14. The van der Waals surface area contributed by atoms with Crippen molar-refractivity contribution in [1.29, 1.82) is 0 Å². The Morgan fingerprint density at radius 3 is 2.81 bits per heavy atom. The van der Waals surface area contributed by atoms with Crippen LogP contribution in [0.2, 0.25) is 0 Å². The van der Waals surface area contributed by atoms with E-state index in [4.69, 9.17) is 4.42 Å². The summed E-state index contributed by atoms with van der Waals surface area (Å²) < 4.78 is 7.39. The molecule has 0 bridgehead atoms. The summed E-state index contributed by atoms with van der Waals surface area (Å²) in [6, 6.07) is 5.73. The standard InChI is InChI=1S/C16H21N3O2/c20-16(18-13-6-3-1-2-4-7-13)15-9-8-14(21-15)12-19-11-5-10-17-19/h5,8-11,13H,1-4,6-7,12H2,(H,18,20). The number of rotatable bonds is 4. The van der Waals surface area contributed by atoms with Gasteiger partial charge in [-0.25, -0.2) is 0 Å². The molecule has 0 spiro atoms. The molecule has 5 heteroatoms. The van der Waals surface area contributed by atoms with E-state index in [0.717, 1.165) is 18.6 Å². The van der Waals surface area contributed by atoms with E-state index >= 15 is 0 Å². The zero-order valence-electron chi connectivity index (χ0n) is 12.1. The Hall–Kier alpha value is -2.04. The second-order valence-electron chi connectivity index (χ2n) is 5.63. The number of carbonyl (C=O) groups is 1. The largest absolute Gasteiger partial charge is 0.454 e. The molecule has 1 N–H and O–H groups in total. The molecular formula is C16H21N3O2. The van der Waals surface area contributed by atoms with Crippen LogP contribution >= 0.6 is 0 Å². The smallest absolute Gasteiger partial charge is 0.287 e. The van der Waals surface area contributed by atoms with Crippen LogP contribution in [-0.2, 0) is 6.54 Å². The topological polar surface area (TPSA) is 60.1 Å². The summed E-state index contributed by atoms with van der Waals surface area (Å²) in [6.45, 7) is 0.545. The third kappa shape index (κ3) is 3.74. The maximum absolute atomic E-state index is 12.2. The molecule has 0 unspecified atom stereocenters. The zero-order chi connectivity index (χ0) is 14.5. The fraction of sp³-hybridized carbons (Fsp3) is 0.500. The molecule has 1 saturated carbocycles. The van der Waals surface area contributed by atoms with Gasteiger partial charge >= 0.3 is 0 Å². The fourth-order valence-electron chi connectivity index (χ4n) is 2.82. The molecule has 2 aromatic heterocycles. The molecule has 0 aromatic carbocycles. The molecule has 1 aliphatic rings. The highest BCUT2D eigenvalue weighted by Crippen LogP contribution is 2.18. The van der Waals surface area contributed by atoms with Crippen molar-refractivity contribution in [3.8, 4) is 0 Å². The monoisotopic (exact) mass is 287 g/mol. The average Bonchev–Trinajstić information content (AvgIpc) is 3.09. The van der Waals surface area contributed by atoms with Crippen LogP contribution in [0.1, 0.15) is 54.8 Å². The molecule has 0 aliphatic heterocycles. The third-order valence-corrected chi connectivity index (χ3v) is 3.95. The normalized spacial score (nSPS) is 16.6. The van der Waals surface area contributed by atoms with Crippen molar-refractivity contribution in [2.75, 3.05) is 0 Å². The van der Waals surface area contributed by atoms with Crippen LogP contribution in [-0.4, -0.2) is 21.7 Å². The number of hydrogen-bond donors (Lipinski definition) is 1. The minimum atomic E-state index is -0.103. The number of aromatic nitrogens is 2. The summed E-state index contributed by atoms with van der Waals surface area (Å²) in [7, 11) is 0. The van der Waals surface area contributed by atoms with Crippen molar-refractivity contribution >= 4 is 5.91 Å². The highest BCUT2D eigenvalue weighted by Gasteiger charge is 2.18. The van der Waals surface area contributed by atoms with Crippen molar-refractivity contribution in [3.63, 3.8) is 0 Å². The first-order valence-electron chi connectivity index (χ1n) is 7.68. The van der Waals surface area contributed by atoms with Gasteiger partial charge in [-0.1, -0.05) is 25.7 Å². The van der Waals surface area contributed by atoms with E-state index in [1.165, 1.54) is 25.7 Å². The van der Waals surface area contributed by atoms with Crippen molar-refractivity contribution < 1.29 is 9.21 Å². The van der Waals surface area contributed by atoms with Gasteiger partial charge in [0.1, 0.15) is 5.76 Å². The minimum Gasteiger partial charge on any atom is -0.454 e. The van der Waals surface area contributed by atoms with E-state index < -0.39 is 0 Å². The minimum absolute atomic E-state index is 0.103. The second kappa shape index (κ2) is 6.61. The number of hydrogen-bond acceptors (Lipinski definition) is 3. The van der Waals surface area contributed by atoms with Crippen LogP contribution in [0.15, 0.2) is 35.0 Å². The van der Waals surface area contributed by atoms with E-state index in [2.05, 4.69) is 10.4 Å². The van der Waals surface area contributed by atoms with E-state index in [9.17, 15) is 4.79 Å². The van der Waals surface area contributed by atoms with Gasteiger partial charge in [0.05, 0.1) is 6.54 Å². The molecule has 0 radical (unpaired) electrons. The van der Waals surface area contributed by atoms with Crippen LogP contribution in [0.5, 0.6) is 0 Å². The molecule has 2 aromatic rings. The molecule has 1 aliphatic carbocycles. The molecule has 0 saturated heterocycles. The van der Waals surface area contributed by atoms with Gasteiger partial charge < -0.3 is 9.73 Å². The van der Waals surface area contributed by atoms with Crippen LogP contribution in [0.4, 0.5) is 0 Å². The summed E-state index contributed by atoms with van der Waals surface area (Å²) in [5.74, 6) is 1.03. The Morgan fingerprint density at radius 2 is 2.10 bits per heavy atom. The fourth-order valence-corrected chi connectivity index (χ4v) is 2.82. The highest BCUT2D eigenvalue weighted by atomic mass is 16.4. The summed E-state index contributed by atoms with van der Waals surface area (Å²) in [4.78, 5) is 12.2. The summed E-state index contributed by atoms with van der Waals surface area (Å²) in [5.41, 5.74) is 0. The first kappa shape index (κ1) is 13.9. The quantitative estimate of drug-likeness (QED) is 0.879. The van der Waals surface area contributed by atoms with Gasteiger partial charge in [-0.3, -0.25) is 9.48 Å². The lowest BCUT2D eigenvalue weighted by Crippen LogP contribution is -2.34. The van der Waals surface area contributed by atoms with Gasteiger partial charge in [0, 0.05) is 18.4 Å². The highest BCUT2D eigenvalue weighted by molar-refractivity contribution is 5.91. The molecule has 5 nitrogen and oxygen atoms in total. The van der Waals surface area contributed by atoms with E-state index in [1.54, 1.807) is 16.9 Å². The van der Waals surface area contributed by atoms with Gasteiger partial charge in [0.25, 0.3) is 5.91 Å². The number of nitrogens with zero attached hydrogens (tertiary/aromatic N) is 2. The predicted molar refractivity (Wildman–Crippen MR) is 79.0 cm³/mol. The summed E-state index contributed by atoms with van der Waals surface area (Å²) in [6.07, 6.45) is 10.7. The number of furan rings is 1. The molecular weight excluding hydrogens is 266 g/mol. The van der Waals surface area contributed by atoms with Crippen molar-refractivity contribution in [2.45, 2.75) is 51.1 Å². The maximum Gasteiger partial charge on any atom is 0.287 e. The van der Waals surface area contributed by atoms with Gasteiger partial charge in [-0.15, -0.1) is 0 Å². The van der Waals surface area contributed by atoms with Crippen molar-refractivity contribution in [3.05, 3.63) is 42.1 Å². The Morgan fingerprint density at radius 1 is 1.29 bits per heavy atom. The van der Waals surface area contributed by atoms with Gasteiger partial charge in [-0.2, -0.15) is 5.10 Å². The lowest BCUT2D eigenvalue weighted by molar-refractivity contribution is 0.0903. The molecule has 3 rings (SSSR count). The molecule has 2 heterocycles. The maximum atomic E-state index is 12.2. The van der Waals surface area contributed by atoms with E-state index in [0.29, 0.717) is 18.3 Å². The van der Waals surface area contributed by atoms with Gasteiger partial charge in [-0.05, 0) is 31.0 Å². The number of nitrogens with one attached hydrogen (secondary N) is 1. The Bertz CT molecular complexity index is 566. The Labute approximate surface area is 124 Å². The Kier molecular flexibility index (Phi) is 4.38. The molecule has 21 heavy (non-hydrogen) atoms. The first-order chi connectivity index (χ1) is 10.3. The van der Waals surface area contributed by atoms with Gasteiger partial charge in [0.2, 0.25) is 0 Å². The van der Waals surface area contributed by atoms with Crippen LogP contribution in [0.25, 0.3) is 0 Å².